The minimum Gasteiger partial charge on any atom is -0.368 e. The predicted octanol–water partition coefficient (Wildman–Crippen LogP) is -0.103. The molecular formula is C9H13N3O2. The molecule has 1 amide bonds. The molecule has 0 radical (unpaired) electrons. The van der Waals surface area contributed by atoms with E-state index in [4.69, 9.17) is 10.6 Å². The number of hydrogen-bond donors (Lipinski definition) is 2. The molecule has 1 rings (SSSR count). The minimum atomic E-state index is -0.500. The Morgan fingerprint density at radius 2 is 2.43 bits per heavy atom. The lowest BCUT2D eigenvalue weighted by Gasteiger charge is -2.04. The molecule has 5 nitrogen and oxygen atoms in total. The van der Waals surface area contributed by atoms with Gasteiger partial charge in [-0.15, -0.1) is 0 Å². The average Bonchev–Trinajstić information content (AvgIpc) is 2.12. The summed E-state index contributed by atoms with van der Waals surface area (Å²) < 4.78 is 0. The zero-order valence-corrected chi connectivity index (χ0v) is 7.99. The highest BCUT2D eigenvalue weighted by Crippen LogP contribution is 1.99. The van der Waals surface area contributed by atoms with Crippen LogP contribution in [0.5, 0.6) is 0 Å². The van der Waals surface area contributed by atoms with E-state index in [1.54, 1.807) is 12.4 Å². The third-order valence-corrected chi connectivity index (χ3v) is 1.52. The summed E-state index contributed by atoms with van der Waals surface area (Å²) in [5.74, 6) is -0.500. The molecule has 14 heavy (non-hydrogen) atoms. The molecule has 0 aliphatic heterocycles. The zero-order chi connectivity index (χ0) is 10.4. The Kier molecular flexibility index (Phi) is 4.03. The van der Waals surface area contributed by atoms with Crippen LogP contribution < -0.4 is 11.2 Å². The van der Waals surface area contributed by atoms with E-state index >= 15 is 0 Å². The summed E-state index contributed by atoms with van der Waals surface area (Å²) in [6, 6.07) is 1.98. The Hall–Kier alpha value is -1.46. The molecule has 0 bridgehead atoms. The molecule has 0 unspecified atom stereocenters. The first-order valence-corrected chi connectivity index (χ1v) is 4.22. The van der Waals surface area contributed by atoms with Crippen molar-refractivity contribution in [1.29, 1.82) is 0 Å². The number of nitrogens with zero attached hydrogens (tertiary/aromatic N) is 1. The van der Waals surface area contributed by atoms with Gasteiger partial charge >= 0.3 is 0 Å². The first-order valence-electron chi connectivity index (χ1n) is 4.22. The lowest BCUT2D eigenvalue weighted by molar-refractivity contribution is -0.125. The van der Waals surface area contributed by atoms with Gasteiger partial charge in [-0.3, -0.25) is 14.6 Å². The number of amides is 1. The van der Waals surface area contributed by atoms with Gasteiger partial charge in [0.2, 0.25) is 5.91 Å². The third kappa shape index (κ3) is 3.97. The molecule has 0 fully saturated rings. The van der Waals surface area contributed by atoms with Crippen molar-refractivity contribution in [1.82, 2.24) is 10.5 Å². The van der Waals surface area contributed by atoms with Crippen molar-refractivity contribution in [2.75, 3.05) is 6.61 Å². The van der Waals surface area contributed by atoms with Gasteiger partial charge in [-0.1, -0.05) is 6.07 Å². The highest BCUT2D eigenvalue weighted by Gasteiger charge is 1.95. The van der Waals surface area contributed by atoms with E-state index < -0.39 is 5.91 Å². The zero-order valence-electron chi connectivity index (χ0n) is 7.99. The van der Waals surface area contributed by atoms with Gasteiger partial charge in [-0.25, -0.2) is 0 Å². The van der Waals surface area contributed by atoms with Crippen LogP contribution in [-0.4, -0.2) is 17.5 Å². The lowest BCUT2D eigenvalue weighted by atomic mass is 10.2. The second-order valence-corrected chi connectivity index (χ2v) is 2.95. The first kappa shape index (κ1) is 10.6. The topological polar surface area (TPSA) is 77.2 Å². The van der Waals surface area contributed by atoms with Gasteiger partial charge in [0.05, 0.1) is 0 Å². The number of aryl methyl sites for hydroxylation is 1. The SMILES string of the molecule is Cc1cncc(CNOCC(N)=O)c1. The van der Waals surface area contributed by atoms with Crippen LogP contribution in [0.3, 0.4) is 0 Å². The van der Waals surface area contributed by atoms with E-state index in [1.807, 2.05) is 13.0 Å². The Morgan fingerprint density at radius 1 is 1.64 bits per heavy atom. The molecular weight excluding hydrogens is 182 g/mol. The van der Waals surface area contributed by atoms with Crippen LogP contribution in [0.1, 0.15) is 11.1 Å². The van der Waals surface area contributed by atoms with Gasteiger partial charge in [0.25, 0.3) is 0 Å². The molecule has 0 spiro atoms. The molecule has 0 atom stereocenters. The number of primary amides is 1. The second kappa shape index (κ2) is 5.31. The fourth-order valence-corrected chi connectivity index (χ4v) is 0.971. The average molecular weight is 195 g/mol. The lowest BCUT2D eigenvalue weighted by Crippen LogP contribution is -2.24. The van der Waals surface area contributed by atoms with Crippen LogP contribution in [-0.2, 0) is 16.2 Å². The molecule has 0 aromatic carbocycles. The van der Waals surface area contributed by atoms with Crippen molar-refractivity contribution in [3.05, 3.63) is 29.6 Å². The van der Waals surface area contributed by atoms with Gasteiger partial charge in [0.1, 0.15) is 6.61 Å². The summed E-state index contributed by atoms with van der Waals surface area (Å²) in [7, 11) is 0. The number of aromatic nitrogens is 1. The number of carbonyl (C=O) groups is 1. The molecule has 0 aliphatic carbocycles. The normalized spacial score (nSPS) is 10.1. The van der Waals surface area contributed by atoms with E-state index in [1.165, 1.54) is 0 Å². The van der Waals surface area contributed by atoms with Crippen LogP contribution in [0.2, 0.25) is 0 Å². The summed E-state index contributed by atoms with van der Waals surface area (Å²) in [6.07, 6.45) is 3.50. The van der Waals surface area contributed by atoms with Crippen molar-refractivity contribution in [2.24, 2.45) is 5.73 Å². The number of carbonyl (C=O) groups excluding carboxylic acids is 1. The molecule has 3 N–H and O–H groups in total. The molecule has 0 aliphatic rings. The summed E-state index contributed by atoms with van der Waals surface area (Å²) in [5, 5.41) is 0. The second-order valence-electron chi connectivity index (χ2n) is 2.95. The van der Waals surface area contributed by atoms with Crippen molar-refractivity contribution in [3.8, 4) is 0 Å². The summed E-state index contributed by atoms with van der Waals surface area (Å²) in [4.78, 5) is 19.1. The smallest absolute Gasteiger partial charge is 0.245 e. The highest BCUT2D eigenvalue weighted by molar-refractivity contribution is 5.74. The molecule has 0 saturated heterocycles. The maximum absolute atomic E-state index is 10.3. The van der Waals surface area contributed by atoms with E-state index in [0.717, 1.165) is 11.1 Å². The number of hydrogen-bond acceptors (Lipinski definition) is 4. The summed E-state index contributed by atoms with van der Waals surface area (Å²) >= 11 is 0. The molecule has 0 saturated carbocycles. The van der Waals surface area contributed by atoms with Crippen molar-refractivity contribution < 1.29 is 9.63 Å². The fourth-order valence-electron chi connectivity index (χ4n) is 0.971. The standard InChI is InChI=1S/C9H13N3O2/c1-7-2-8(4-11-3-7)5-12-14-6-9(10)13/h2-4,12H,5-6H2,1H3,(H2,10,13). The molecule has 1 aromatic rings. The molecule has 5 heteroatoms. The number of rotatable bonds is 5. The Labute approximate surface area is 82.2 Å². The van der Waals surface area contributed by atoms with E-state index in [0.29, 0.717) is 6.54 Å². The van der Waals surface area contributed by atoms with Crippen LogP contribution in [0, 0.1) is 6.92 Å². The fraction of sp³-hybridized carbons (Fsp3) is 0.333. The van der Waals surface area contributed by atoms with E-state index in [9.17, 15) is 4.79 Å². The number of pyridine rings is 1. The maximum Gasteiger partial charge on any atom is 0.245 e. The van der Waals surface area contributed by atoms with Gasteiger partial charge in [-0.2, -0.15) is 5.48 Å². The minimum absolute atomic E-state index is 0.126. The number of nitrogens with one attached hydrogen (secondary N) is 1. The summed E-state index contributed by atoms with van der Waals surface area (Å²) in [5.41, 5.74) is 9.58. The van der Waals surface area contributed by atoms with Crippen LogP contribution in [0.25, 0.3) is 0 Å². The van der Waals surface area contributed by atoms with E-state index in [-0.39, 0.29) is 6.61 Å². The van der Waals surface area contributed by atoms with Crippen molar-refractivity contribution in [3.63, 3.8) is 0 Å². The molecule has 76 valence electrons. The highest BCUT2D eigenvalue weighted by atomic mass is 16.6. The molecule has 1 heterocycles. The predicted molar refractivity (Wildman–Crippen MR) is 51.0 cm³/mol. The van der Waals surface area contributed by atoms with E-state index in [2.05, 4.69) is 10.5 Å². The van der Waals surface area contributed by atoms with Crippen LogP contribution in [0.15, 0.2) is 18.5 Å². The Bertz CT molecular complexity index is 315. The van der Waals surface area contributed by atoms with Crippen molar-refractivity contribution in [2.45, 2.75) is 13.5 Å². The van der Waals surface area contributed by atoms with Gasteiger partial charge in [0, 0.05) is 18.9 Å². The maximum atomic E-state index is 10.3. The quantitative estimate of drug-likeness (QED) is 0.508. The van der Waals surface area contributed by atoms with Gasteiger partial charge in [0.15, 0.2) is 0 Å². The van der Waals surface area contributed by atoms with Crippen LogP contribution in [0.4, 0.5) is 0 Å². The summed E-state index contributed by atoms with van der Waals surface area (Å²) in [6.45, 7) is 2.34. The van der Waals surface area contributed by atoms with Crippen molar-refractivity contribution >= 4 is 5.91 Å². The third-order valence-electron chi connectivity index (χ3n) is 1.52. The monoisotopic (exact) mass is 195 g/mol. The first-order chi connectivity index (χ1) is 6.68. The van der Waals surface area contributed by atoms with Gasteiger partial charge < -0.3 is 5.73 Å². The number of nitrogens with two attached hydrogens (primary N) is 1. The number of hydroxylamine groups is 1. The van der Waals surface area contributed by atoms with Gasteiger partial charge in [-0.05, 0) is 18.1 Å². The Morgan fingerprint density at radius 3 is 3.07 bits per heavy atom. The molecule has 1 aromatic heterocycles. The van der Waals surface area contributed by atoms with Crippen LogP contribution >= 0.6 is 0 Å². The largest absolute Gasteiger partial charge is 0.368 e. The Balaban J connectivity index is 2.28.